The molecule has 0 radical (unpaired) electrons. The minimum Gasteiger partial charge on any atom is -0.507 e. The van der Waals surface area contributed by atoms with Gasteiger partial charge in [0.05, 0.1) is 11.4 Å². The molecule has 0 spiro atoms. The molecule has 98 valence electrons. The third-order valence-electron chi connectivity index (χ3n) is 3.24. The zero-order chi connectivity index (χ0) is 13.6. The Morgan fingerprint density at radius 1 is 1.21 bits per heavy atom. The van der Waals surface area contributed by atoms with E-state index in [1.165, 1.54) is 0 Å². The molecule has 5 heteroatoms. The van der Waals surface area contributed by atoms with E-state index in [0.717, 1.165) is 22.8 Å². The Kier molecular flexibility index (Phi) is 2.55. The highest BCUT2D eigenvalue weighted by atomic mass is 16.3. The van der Waals surface area contributed by atoms with E-state index in [0.29, 0.717) is 11.7 Å². The Balaban J connectivity index is 2.19. The van der Waals surface area contributed by atoms with E-state index in [4.69, 9.17) is 0 Å². The normalized spacial score (nSPS) is 11.6. The Bertz CT molecular complexity index is 739. The van der Waals surface area contributed by atoms with Gasteiger partial charge in [-0.2, -0.15) is 4.98 Å². The van der Waals surface area contributed by atoms with Crippen molar-refractivity contribution in [3.05, 3.63) is 35.8 Å². The molecule has 3 aromatic rings. The van der Waals surface area contributed by atoms with Crippen molar-refractivity contribution < 1.29 is 5.11 Å². The molecule has 1 aromatic carbocycles. The van der Waals surface area contributed by atoms with Crippen LogP contribution in [0.2, 0.25) is 0 Å². The molecule has 2 heterocycles. The van der Waals surface area contributed by atoms with E-state index in [-0.39, 0.29) is 5.75 Å². The fourth-order valence-electron chi connectivity index (χ4n) is 2.13. The molecule has 0 aliphatic heterocycles. The van der Waals surface area contributed by atoms with Gasteiger partial charge < -0.3 is 5.11 Å². The second kappa shape index (κ2) is 4.12. The Hall–Kier alpha value is -2.30. The summed E-state index contributed by atoms with van der Waals surface area (Å²) in [5.41, 5.74) is 2.42. The Morgan fingerprint density at radius 2 is 1.95 bits per heavy atom. The molecule has 0 aliphatic rings. The molecule has 0 bridgehead atoms. The van der Waals surface area contributed by atoms with Crippen LogP contribution >= 0.6 is 0 Å². The first-order valence-corrected chi connectivity index (χ1v) is 6.31. The van der Waals surface area contributed by atoms with Crippen LogP contribution in [-0.4, -0.2) is 24.7 Å². The molecule has 5 nitrogen and oxygen atoms in total. The van der Waals surface area contributed by atoms with Gasteiger partial charge in [-0.05, 0) is 19.1 Å². The van der Waals surface area contributed by atoms with Crippen LogP contribution in [-0.2, 0) is 0 Å². The predicted molar refractivity (Wildman–Crippen MR) is 73.3 cm³/mol. The zero-order valence-corrected chi connectivity index (χ0v) is 11.2. The van der Waals surface area contributed by atoms with Crippen LogP contribution in [0.1, 0.15) is 31.3 Å². The number of aromatic nitrogens is 4. The SMILES string of the molecule is Cc1c(-c2ccccc2O)nc2nc(C(C)C)[nH]n12. The second-order valence-electron chi connectivity index (χ2n) is 4.96. The van der Waals surface area contributed by atoms with Gasteiger partial charge in [0.15, 0.2) is 0 Å². The number of rotatable bonds is 2. The van der Waals surface area contributed by atoms with Crippen molar-refractivity contribution in [1.29, 1.82) is 0 Å². The van der Waals surface area contributed by atoms with Gasteiger partial charge in [0.1, 0.15) is 11.6 Å². The van der Waals surface area contributed by atoms with Crippen molar-refractivity contribution in [3.8, 4) is 17.0 Å². The lowest BCUT2D eigenvalue weighted by atomic mass is 10.1. The molecule has 0 atom stereocenters. The lowest BCUT2D eigenvalue weighted by Crippen LogP contribution is -1.94. The second-order valence-corrected chi connectivity index (χ2v) is 4.96. The van der Waals surface area contributed by atoms with Crippen LogP contribution in [0, 0.1) is 6.92 Å². The smallest absolute Gasteiger partial charge is 0.251 e. The molecule has 19 heavy (non-hydrogen) atoms. The van der Waals surface area contributed by atoms with Crippen LogP contribution in [0.4, 0.5) is 0 Å². The topological polar surface area (TPSA) is 66.2 Å². The van der Waals surface area contributed by atoms with Crippen LogP contribution in [0.15, 0.2) is 24.3 Å². The summed E-state index contributed by atoms with van der Waals surface area (Å²) < 4.78 is 1.86. The number of phenolic OH excluding ortho intramolecular Hbond substituents is 1. The molecular formula is C14H16N4O. The fraction of sp³-hybridized carbons (Fsp3) is 0.286. The number of imidazole rings is 1. The predicted octanol–water partition coefficient (Wildman–Crippen LogP) is 2.86. The summed E-state index contributed by atoms with van der Waals surface area (Å²) in [6, 6.07) is 7.20. The first-order chi connectivity index (χ1) is 9.08. The maximum Gasteiger partial charge on any atom is 0.251 e. The number of hydrogen-bond acceptors (Lipinski definition) is 3. The summed E-state index contributed by atoms with van der Waals surface area (Å²) in [5.74, 6) is 2.11. The van der Waals surface area contributed by atoms with E-state index in [1.807, 2.05) is 23.6 Å². The number of hydrogen-bond donors (Lipinski definition) is 2. The minimum atomic E-state index is 0.232. The van der Waals surface area contributed by atoms with E-state index in [9.17, 15) is 5.11 Å². The third kappa shape index (κ3) is 1.78. The van der Waals surface area contributed by atoms with E-state index in [1.54, 1.807) is 12.1 Å². The number of benzene rings is 1. The van der Waals surface area contributed by atoms with Crippen molar-refractivity contribution >= 4 is 5.78 Å². The summed E-state index contributed by atoms with van der Waals surface area (Å²) in [6.07, 6.45) is 0. The third-order valence-corrected chi connectivity index (χ3v) is 3.24. The van der Waals surface area contributed by atoms with Gasteiger partial charge in [0.25, 0.3) is 5.78 Å². The van der Waals surface area contributed by atoms with Crippen LogP contribution in [0.3, 0.4) is 0 Å². The Morgan fingerprint density at radius 3 is 2.58 bits per heavy atom. The summed E-state index contributed by atoms with van der Waals surface area (Å²) in [6.45, 7) is 6.12. The molecule has 0 unspecified atom stereocenters. The molecule has 0 amide bonds. The highest BCUT2D eigenvalue weighted by molar-refractivity contribution is 5.70. The van der Waals surface area contributed by atoms with Crippen molar-refractivity contribution in [2.24, 2.45) is 0 Å². The average Bonchev–Trinajstić information content (AvgIpc) is 2.91. The quantitative estimate of drug-likeness (QED) is 0.741. The molecule has 0 saturated carbocycles. The number of phenols is 1. The first kappa shape index (κ1) is 11.8. The number of nitrogens with one attached hydrogen (secondary N) is 1. The summed E-state index contributed by atoms with van der Waals surface area (Å²) in [4.78, 5) is 8.97. The largest absolute Gasteiger partial charge is 0.507 e. The van der Waals surface area contributed by atoms with Gasteiger partial charge in [-0.15, -0.1) is 0 Å². The number of para-hydroxylation sites is 1. The van der Waals surface area contributed by atoms with Gasteiger partial charge >= 0.3 is 0 Å². The van der Waals surface area contributed by atoms with E-state index >= 15 is 0 Å². The summed E-state index contributed by atoms with van der Waals surface area (Å²) in [5, 5.41) is 13.1. The molecule has 0 aliphatic carbocycles. The van der Waals surface area contributed by atoms with Crippen molar-refractivity contribution in [2.45, 2.75) is 26.7 Å². The van der Waals surface area contributed by atoms with Crippen molar-refractivity contribution in [2.75, 3.05) is 0 Å². The monoisotopic (exact) mass is 256 g/mol. The lowest BCUT2D eigenvalue weighted by Gasteiger charge is -2.02. The molecular weight excluding hydrogens is 240 g/mol. The number of H-pyrrole nitrogens is 1. The van der Waals surface area contributed by atoms with Gasteiger partial charge in [-0.1, -0.05) is 26.0 Å². The molecule has 0 fully saturated rings. The van der Waals surface area contributed by atoms with Crippen molar-refractivity contribution in [1.82, 2.24) is 19.6 Å². The van der Waals surface area contributed by atoms with E-state index in [2.05, 4.69) is 28.9 Å². The number of aromatic amines is 1. The first-order valence-electron chi connectivity index (χ1n) is 6.31. The van der Waals surface area contributed by atoms with E-state index < -0.39 is 0 Å². The minimum absolute atomic E-state index is 0.232. The maximum atomic E-state index is 9.91. The maximum absolute atomic E-state index is 9.91. The molecule has 0 saturated heterocycles. The fourth-order valence-corrected chi connectivity index (χ4v) is 2.13. The average molecular weight is 256 g/mol. The van der Waals surface area contributed by atoms with Gasteiger partial charge in [-0.25, -0.2) is 9.50 Å². The van der Waals surface area contributed by atoms with Gasteiger partial charge in [0, 0.05) is 11.5 Å². The number of aromatic hydroxyl groups is 1. The van der Waals surface area contributed by atoms with Crippen molar-refractivity contribution in [3.63, 3.8) is 0 Å². The van der Waals surface area contributed by atoms with Gasteiger partial charge in [-0.3, -0.25) is 5.10 Å². The Labute approximate surface area is 110 Å². The zero-order valence-electron chi connectivity index (χ0n) is 11.2. The lowest BCUT2D eigenvalue weighted by molar-refractivity contribution is 0.477. The highest BCUT2D eigenvalue weighted by Crippen LogP contribution is 2.30. The van der Waals surface area contributed by atoms with Crippen LogP contribution < -0.4 is 0 Å². The standard InChI is InChI=1S/C14H16N4O/c1-8(2)13-16-14-15-12(9(3)18(14)17-13)10-6-4-5-7-11(10)19/h4-8,19H,1-3H3,(H,15,16,17). The van der Waals surface area contributed by atoms with Gasteiger partial charge in [0.2, 0.25) is 0 Å². The number of aryl methyl sites for hydroxylation is 1. The molecule has 2 aromatic heterocycles. The molecule has 3 rings (SSSR count). The summed E-state index contributed by atoms with van der Waals surface area (Å²) in [7, 11) is 0. The van der Waals surface area contributed by atoms with Crippen LogP contribution in [0.5, 0.6) is 5.75 Å². The van der Waals surface area contributed by atoms with Crippen LogP contribution in [0.25, 0.3) is 17.0 Å². The molecule has 2 N–H and O–H groups in total. The summed E-state index contributed by atoms with van der Waals surface area (Å²) >= 11 is 0. The number of fused-ring (bicyclic) bond motifs is 1. The number of nitrogens with zero attached hydrogens (tertiary/aromatic N) is 3. The highest BCUT2D eigenvalue weighted by Gasteiger charge is 2.16.